The Balaban J connectivity index is 1.23. The zero-order chi connectivity index (χ0) is 21.6. The highest BCUT2D eigenvalue weighted by Gasteiger charge is 2.22. The summed E-state index contributed by atoms with van der Waals surface area (Å²) in [5.41, 5.74) is 3.01. The topological polar surface area (TPSA) is 71.1 Å². The maximum atomic E-state index is 12.6. The molecule has 7 heteroatoms. The van der Waals surface area contributed by atoms with Gasteiger partial charge in [0.25, 0.3) is 5.91 Å². The monoisotopic (exact) mass is 423 g/mol. The molecule has 2 aromatic carbocycles. The SMILES string of the molecule is CCOc1ccccc1C(=O)NCC(=O)N1CCN(Cc2ccc3c(c2)CCO3)CC1. The summed E-state index contributed by atoms with van der Waals surface area (Å²) in [7, 11) is 0. The van der Waals surface area contributed by atoms with E-state index in [1.807, 2.05) is 17.9 Å². The van der Waals surface area contributed by atoms with Gasteiger partial charge in [0.05, 0.1) is 25.3 Å². The maximum Gasteiger partial charge on any atom is 0.255 e. The Bertz CT molecular complexity index is 938. The molecule has 1 fully saturated rings. The number of nitrogens with zero attached hydrogens (tertiary/aromatic N) is 2. The van der Waals surface area contributed by atoms with E-state index in [1.165, 1.54) is 11.1 Å². The number of carbonyl (C=O) groups excluding carboxylic acids is 2. The van der Waals surface area contributed by atoms with E-state index in [-0.39, 0.29) is 18.4 Å². The van der Waals surface area contributed by atoms with Crippen LogP contribution in [0.15, 0.2) is 42.5 Å². The first kappa shape index (κ1) is 21.2. The van der Waals surface area contributed by atoms with Crippen LogP contribution in [-0.2, 0) is 17.8 Å². The quantitative estimate of drug-likeness (QED) is 0.739. The Morgan fingerprint density at radius 3 is 2.71 bits per heavy atom. The smallest absolute Gasteiger partial charge is 0.255 e. The van der Waals surface area contributed by atoms with Crippen molar-refractivity contribution < 1.29 is 19.1 Å². The molecule has 0 spiro atoms. The first-order chi connectivity index (χ1) is 15.1. The van der Waals surface area contributed by atoms with E-state index in [4.69, 9.17) is 9.47 Å². The summed E-state index contributed by atoms with van der Waals surface area (Å²) in [6.45, 7) is 6.96. The fourth-order valence-electron chi connectivity index (χ4n) is 4.05. The number of amides is 2. The first-order valence-corrected chi connectivity index (χ1v) is 10.9. The van der Waals surface area contributed by atoms with Gasteiger partial charge in [-0.3, -0.25) is 14.5 Å². The maximum absolute atomic E-state index is 12.6. The molecule has 0 radical (unpaired) electrons. The van der Waals surface area contributed by atoms with Gasteiger partial charge >= 0.3 is 0 Å². The van der Waals surface area contributed by atoms with Gasteiger partial charge in [0.1, 0.15) is 11.5 Å². The van der Waals surface area contributed by atoms with Gasteiger partial charge in [-0.15, -0.1) is 0 Å². The Hall–Kier alpha value is -3.06. The van der Waals surface area contributed by atoms with Gasteiger partial charge in [-0.05, 0) is 36.2 Å². The Morgan fingerprint density at radius 2 is 1.90 bits per heavy atom. The van der Waals surface area contributed by atoms with E-state index in [1.54, 1.807) is 18.2 Å². The molecular weight excluding hydrogens is 394 g/mol. The highest BCUT2D eigenvalue weighted by molar-refractivity contribution is 5.98. The Morgan fingerprint density at radius 1 is 1.10 bits per heavy atom. The van der Waals surface area contributed by atoms with Crippen LogP contribution in [0.5, 0.6) is 11.5 Å². The lowest BCUT2D eigenvalue weighted by molar-refractivity contribution is -0.131. The summed E-state index contributed by atoms with van der Waals surface area (Å²) in [4.78, 5) is 29.2. The molecular formula is C24H29N3O4. The number of fused-ring (bicyclic) bond motifs is 1. The average Bonchev–Trinajstić information content (AvgIpc) is 3.26. The third-order valence-electron chi connectivity index (χ3n) is 5.72. The van der Waals surface area contributed by atoms with Gasteiger partial charge in [-0.25, -0.2) is 0 Å². The molecule has 0 bridgehead atoms. The molecule has 2 aromatic rings. The number of benzene rings is 2. The molecule has 2 amide bonds. The lowest BCUT2D eigenvalue weighted by Gasteiger charge is -2.34. The largest absolute Gasteiger partial charge is 0.493 e. The van der Waals surface area contributed by atoms with Crippen molar-refractivity contribution in [2.24, 2.45) is 0 Å². The minimum Gasteiger partial charge on any atom is -0.493 e. The van der Waals surface area contributed by atoms with Crippen molar-refractivity contribution in [3.63, 3.8) is 0 Å². The predicted molar refractivity (Wildman–Crippen MR) is 117 cm³/mol. The van der Waals surface area contributed by atoms with Crippen LogP contribution in [0.1, 0.15) is 28.4 Å². The molecule has 0 atom stereocenters. The van der Waals surface area contributed by atoms with Gasteiger partial charge in [0.2, 0.25) is 5.91 Å². The van der Waals surface area contributed by atoms with E-state index in [0.717, 1.165) is 38.4 Å². The number of hydrogen-bond donors (Lipinski definition) is 1. The van der Waals surface area contributed by atoms with Crippen molar-refractivity contribution in [3.05, 3.63) is 59.2 Å². The molecule has 7 nitrogen and oxygen atoms in total. The second kappa shape index (κ2) is 9.83. The number of nitrogens with one attached hydrogen (secondary N) is 1. The molecule has 0 unspecified atom stereocenters. The predicted octanol–water partition coefficient (Wildman–Crippen LogP) is 2.09. The van der Waals surface area contributed by atoms with Crippen molar-refractivity contribution in [2.75, 3.05) is 45.9 Å². The van der Waals surface area contributed by atoms with Crippen LogP contribution < -0.4 is 14.8 Å². The first-order valence-electron chi connectivity index (χ1n) is 10.9. The molecule has 2 aliphatic heterocycles. The van der Waals surface area contributed by atoms with Gasteiger partial charge < -0.3 is 19.7 Å². The zero-order valence-corrected chi connectivity index (χ0v) is 17.9. The van der Waals surface area contributed by atoms with Gasteiger partial charge in [-0.1, -0.05) is 24.3 Å². The Kier molecular flexibility index (Phi) is 6.72. The van der Waals surface area contributed by atoms with Gasteiger partial charge in [0, 0.05) is 39.1 Å². The molecule has 31 heavy (non-hydrogen) atoms. The molecule has 0 aliphatic carbocycles. The molecule has 1 N–H and O–H groups in total. The summed E-state index contributed by atoms with van der Waals surface area (Å²) in [5.74, 6) is 1.18. The van der Waals surface area contributed by atoms with E-state index in [9.17, 15) is 9.59 Å². The van der Waals surface area contributed by atoms with Crippen molar-refractivity contribution in [2.45, 2.75) is 19.9 Å². The molecule has 0 saturated carbocycles. The van der Waals surface area contributed by atoms with Crippen molar-refractivity contribution in [3.8, 4) is 11.5 Å². The normalized spacial score (nSPS) is 15.8. The number of carbonyl (C=O) groups is 2. The zero-order valence-electron chi connectivity index (χ0n) is 17.9. The number of para-hydroxylation sites is 1. The molecule has 1 saturated heterocycles. The number of ether oxygens (including phenoxy) is 2. The second-order valence-electron chi connectivity index (χ2n) is 7.81. The number of piperazine rings is 1. The van der Waals surface area contributed by atoms with Crippen molar-refractivity contribution in [1.82, 2.24) is 15.1 Å². The molecule has 164 valence electrons. The lowest BCUT2D eigenvalue weighted by atomic mass is 10.1. The summed E-state index contributed by atoms with van der Waals surface area (Å²) < 4.78 is 11.1. The van der Waals surface area contributed by atoms with Crippen LogP contribution in [0.2, 0.25) is 0 Å². The fraction of sp³-hybridized carbons (Fsp3) is 0.417. The number of hydrogen-bond acceptors (Lipinski definition) is 5. The van der Waals surface area contributed by atoms with E-state index in [0.29, 0.717) is 31.0 Å². The van der Waals surface area contributed by atoms with Crippen molar-refractivity contribution >= 4 is 11.8 Å². The van der Waals surface area contributed by atoms with Crippen LogP contribution in [-0.4, -0.2) is 67.6 Å². The second-order valence-corrected chi connectivity index (χ2v) is 7.81. The number of rotatable bonds is 7. The third-order valence-corrected chi connectivity index (χ3v) is 5.72. The van der Waals surface area contributed by atoms with Crippen LogP contribution in [0.3, 0.4) is 0 Å². The minimum absolute atomic E-state index is 0.00981. The average molecular weight is 424 g/mol. The van der Waals surface area contributed by atoms with Crippen LogP contribution in [0.4, 0.5) is 0 Å². The highest BCUT2D eigenvalue weighted by atomic mass is 16.5. The van der Waals surface area contributed by atoms with Gasteiger partial charge in [0.15, 0.2) is 0 Å². The Labute approximate surface area is 182 Å². The van der Waals surface area contributed by atoms with Crippen LogP contribution in [0, 0.1) is 0 Å². The van der Waals surface area contributed by atoms with E-state index in [2.05, 4.69) is 28.4 Å². The van der Waals surface area contributed by atoms with E-state index >= 15 is 0 Å². The summed E-state index contributed by atoms with van der Waals surface area (Å²) >= 11 is 0. The summed E-state index contributed by atoms with van der Waals surface area (Å²) in [6, 6.07) is 13.5. The lowest BCUT2D eigenvalue weighted by Crippen LogP contribution is -2.50. The highest BCUT2D eigenvalue weighted by Crippen LogP contribution is 2.26. The van der Waals surface area contributed by atoms with E-state index < -0.39 is 0 Å². The fourth-order valence-corrected chi connectivity index (χ4v) is 4.05. The van der Waals surface area contributed by atoms with Crippen molar-refractivity contribution in [1.29, 1.82) is 0 Å². The standard InChI is InChI=1S/C24H29N3O4/c1-2-30-22-6-4-3-5-20(22)24(29)25-16-23(28)27-12-10-26(11-13-27)17-18-7-8-21-19(15-18)9-14-31-21/h3-8,15H,2,9-14,16-17H2,1H3,(H,25,29). The van der Waals surface area contributed by atoms with Gasteiger partial charge in [-0.2, -0.15) is 0 Å². The minimum atomic E-state index is -0.295. The third kappa shape index (κ3) is 5.17. The summed E-state index contributed by atoms with van der Waals surface area (Å²) in [6.07, 6.45) is 0.978. The van der Waals surface area contributed by atoms with Crippen LogP contribution >= 0.6 is 0 Å². The molecule has 0 aromatic heterocycles. The summed E-state index contributed by atoms with van der Waals surface area (Å²) in [5, 5.41) is 2.73. The van der Waals surface area contributed by atoms with Crippen LogP contribution in [0.25, 0.3) is 0 Å². The molecule has 4 rings (SSSR count). The molecule has 2 aliphatic rings. The molecule has 2 heterocycles.